The van der Waals surface area contributed by atoms with Crippen LogP contribution in [0, 0.1) is 0 Å². The largest absolute Gasteiger partial charge is 0.468 e. The van der Waals surface area contributed by atoms with Gasteiger partial charge in [0.15, 0.2) is 9.84 Å². The fourth-order valence-electron chi connectivity index (χ4n) is 0.539. The van der Waals surface area contributed by atoms with Crippen LogP contribution in [0.4, 0.5) is 13.2 Å². The molecule has 4 nitrogen and oxygen atoms in total. The lowest BCUT2D eigenvalue weighted by Gasteiger charge is -2.05. The second-order valence-corrected chi connectivity index (χ2v) is 4.29. The second kappa shape index (κ2) is 3.95. The van der Waals surface area contributed by atoms with Crippen molar-refractivity contribution in [3.05, 3.63) is 0 Å². The third-order valence-corrected chi connectivity index (χ3v) is 2.39. The Bertz CT molecular complexity index is 279. The maximum absolute atomic E-state index is 11.6. The van der Waals surface area contributed by atoms with Crippen molar-refractivity contribution in [2.75, 3.05) is 18.6 Å². The van der Waals surface area contributed by atoms with Gasteiger partial charge in [0.05, 0.1) is 7.11 Å². The Morgan fingerprint density at radius 1 is 1.38 bits per heavy atom. The van der Waals surface area contributed by atoms with Crippen LogP contribution in [-0.4, -0.2) is 39.2 Å². The first-order valence-electron chi connectivity index (χ1n) is 3.00. The number of sulfone groups is 1. The molecule has 0 bridgehead atoms. The van der Waals surface area contributed by atoms with Crippen LogP contribution >= 0.6 is 0 Å². The molecule has 0 aromatic heterocycles. The number of hydrogen-bond acceptors (Lipinski definition) is 4. The van der Waals surface area contributed by atoms with Gasteiger partial charge in [0.2, 0.25) is 0 Å². The van der Waals surface area contributed by atoms with Gasteiger partial charge in [-0.2, -0.15) is 13.2 Å². The fourth-order valence-corrected chi connectivity index (χ4v) is 1.62. The third-order valence-electron chi connectivity index (χ3n) is 0.949. The number of carbonyl (C=O) groups is 1. The minimum Gasteiger partial charge on any atom is -0.468 e. The molecular formula is C5H7F3O4S. The summed E-state index contributed by atoms with van der Waals surface area (Å²) in [6.45, 7) is 0. The SMILES string of the molecule is COC(=O)CS(=O)(=O)CC(F)(F)F. The van der Waals surface area contributed by atoms with Crippen molar-refractivity contribution in [1.82, 2.24) is 0 Å². The van der Waals surface area contributed by atoms with Crippen LogP contribution in [0.15, 0.2) is 0 Å². The molecular weight excluding hydrogens is 213 g/mol. The van der Waals surface area contributed by atoms with E-state index in [0.29, 0.717) is 0 Å². The van der Waals surface area contributed by atoms with Crippen LogP contribution in [0.2, 0.25) is 0 Å². The molecule has 0 saturated heterocycles. The molecule has 0 spiro atoms. The van der Waals surface area contributed by atoms with Gasteiger partial charge in [-0.05, 0) is 0 Å². The molecule has 0 rings (SSSR count). The minimum absolute atomic E-state index is 0.894. The lowest BCUT2D eigenvalue weighted by molar-refractivity contribution is -0.137. The van der Waals surface area contributed by atoms with Crippen LogP contribution in [-0.2, 0) is 19.4 Å². The molecule has 8 heteroatoms. The predicted molar refractivity (Wildman–Crippen MR) is 36.7 cm³/mol. The Morgan fingerprint density at radius 2 is 1.85 bits per heavy atom. The quantitative estimate of drug-likeness (QED) is 0.634. The molecule has 0 aromatic carbocycles. The molecule has 0 fully saturated rings. The molecule has 0 saturated carbocycles. The number of hydrogen-bond donors (Lipinski definition) is 0. The van der Waals surface area contributed by atoms with Gasteiger partial charge < -0.3 is 4.74 Å². The summed E-state index contributed by atoms with van der Waals surface area (Å²) in [6.07, 6.45) is -4.83. The summed E-state index contributed by atoms with van der Waals surface area (Å²) in [4.78, 5) is 10.3. The van der Waals surface area contributed by atoms with Crippen LogP contribution in [0.1, 0.15) is 0 Å². The molecule has 78 valence electrons. The van der Waals surface area contributed by atoms with Crippen LogP contribution < -0.4 is 0 Å². The Hall–Kier alpha value is -0.790. The molecule has 0 aromatic rings. The molecule has 0 atom stereocenters. The summed E-state index contributed by atoms with van der Waals surface area (Å²) < 4.78 is 59.8. The average Bonchev–Trinajstić information content (AvgIpc) is 1.80. The Labute approximate surface area is 72.6 Å². The van der Waals surface area contributed by atoms with Crippen molar-refractivity contribution < 1.29 is 31.1 Å². The van der Waals surface area contributed by atoms with E-state index in [0.717, 1.165) is 7.11 Å². The second-order valence-electron chi connectivity index (χ2n) is 2.22. The van der Waals surface area contributed by atoms with Gasteiger partial charge in [-0.3, -0.25) is 4.79 Å². The molecule has 0 N–H and O–H groups in total. The highest BCUT2D eigenvalue weighted by Gasteiger charge is 2.36. The standard InChI is InChI=1S/C5H7F3O4S/c1-12-4(9)2-13(10,11)3-5(6,7)8/h2-3H2,1H3. The van der Waals surface area contributed by atoms with Crippen molar-refractivity contribution >= 4 is 15.8 Å². The van der Waals surface area contributed by atoms with Gasteiger partial charge in [-0.15, -0.1) is 0 Å². The van der Waals surface area contributed by atoms with E-state index >= 15 is 0 Å². The summed E-state index contributed by atoms with van der Waals surface area (Å²) >= 11 is 0. The van der Waals surface area contributed by atoms with Gasteiger partial charge in [0, 0.05) is 0 Å². The summed E-state index contributed by atoms with van der Waals surface area (Å²) in [5, 5.41) is 0. The first-order valence-corrected chi connectivity index (χ1v) is 4.82. The van der Waals surface area contributed by atoms with Gasteiger partial charge in [-0.1, -0.05) is 0 Å². The van der Waals surface area contributed by atoms with Gasteiger partial charge >= 0.3 is 12.1 Å². The van der Waals surface area contributed by atoms with E-state index in [2.05, 4.69) is 4.74 Å². The number of halogens is 3. The monoisotopic (exact) mass is 220 g/mol. The molecule has 0 aliphatic rings. The first kappa shape index (κ1) is 12.2. The van der Waals surface area contributed by atoms with Crippen LogP contribution in [0.3, 0.4) is 0 Å². The average molecular weight is 220 g/mol. The molecule has 13 heavy (non-hydrogen) atoms. The molecule has 0 unspecified atom stereocenters. The number of rotatable bonds is 3. The van der Waals surface area contributed by atoms with Crippen molar-refractivity contribution in [3.8, 4) is 0 Å². The Balaban J connectivity index is 4.35. The number of alkyl halides is 3. The van der Waals surface area contributed by atoms with Crippen molar-refractivity contribution in [1.29, 1.82) is 0 Å². The summed E-state index contributed by atoms with van der Waals surface area (Å²) in [7, 11) is -3.56. The smallest absolute Gasteiger partial charge is 0.402 e. The fraction of sp³-hybridized carbons (Fsp3) is 0.800. The topological polar surface area (TPSA) is 60.4 Å². The Kier molecular flexibility index (Phi) is 3.71. The van der Waals surface area contributed by atoms with E-state index in [4.69, 9.17) is 0 Å². The van der Waals surface area contributed by atoms with E-state index in [-0.39, 0.29) is 0 Å². The first-order chi connectivity index (χ1) is 5.66. The maximum Gasteiger partial charge on any atom is 0.402 e. The van der Waals surface area contributed by atoms with E-state index in [1.807, 2.05) is 0 Å². The minimum atomic E-state index is -4.83. The molecule has 0 heterocycles. The van der Waals surface area contributed by atoms with E-state index < -0.39 is 33.5 Å². The number of ether oxygens (including phenoxy) is 1. The van der Waals surface area contributed by atoms with E-state index in [1.54, 1.807) is 0 Å². The Morgan fingerprint density at radius 3 is 2.15 bits per heavy atom. The zero-order chi connectivity index (χ0) is 10.7. The van der Waals surface area contributed by atoms with Crippen LogP contribution in [0.25, 0.3) is 0 Å². The van der Waals surface area contributed by atoms with Crippen molar-refractivity contribution in [2.45, 2.75) is 6.18 Å². The number of methoxy groups -OCH3 is 1. The highest BCUT2D eigenvalue weighted by molar-refractivity contribution is 7.92. The van der Waals surface area contributed by atoms with Crippen molar-refractivity contribution in [2.24, 2.45) is 0 Å². The normalized spacial score (nSPS) is 12.6. The van der Waals surface area contributed by atoms with Gasteiger partial charge in [-0.25, -0.2) is 8.42 Å². The zero-order valence-corrected chi connectivity index (χ0v) is 7.41. The third kappa shape index (κ3) is 6.38. The molecule has 0 amide bonds. The summed E-state index contributed by atoms with van der Waals surface area (Å²) in [6, 6.07) is 0. The highest BCUT2D eigenvalue weighted by Crippen LogP contribution is 2.17. The number of carbonyl (C=O) groups excluding carboxylic acids is 1. The zero-order valence-electron chi connectivity index (χ0n) is 6.59. The lowest BCUT2D eigenvalue weighted by atomic mass is 10.8. The van der Waals surface area contributed by atoms with Gasteiger partial charge in [0.25, 0.3) is 0 Å². The van der Waals surface area contributed by atoms with E-state index in [9.17, 15) is 26.4 Å². The lowest BCUT2D eigenvalue weighted by Crippen LogP contribution is -2.28. The predicted octanol–water partition coefficient (Wildman–Crippen LogP) is 0.137. The summed E-state index contributed by atoms with van der Waals surface area (Å²) in [5.74, 6) is -4.46. The highest BCUT2D eigenvalue weighted by atomic mass is 32.2. The number of esters is 1. The molecule has 0 aliphatic heterocycles. The van der Waals surface area contributed by atoms with Crippen molar-refractivity contribution in [3.63, 3.8) is 0 Å². The van der Waals surface area contributed by atoms with Gasteiger partial charge in [0.1, 0.15) is 11.5 Å². The molecule has 0 radical (unpaired) electrons. The summed E-state index contributed by atoms with van der Waals surface area (Å²) in [5.41, 5.74) is 0. The van der Waals surface area contributed by atoms with E-state index in [1.165, 1.54) is 0 Å². The molecule has 0 aliphatic carbocycles. The maximum atomic E-state index is 11.6. The van der Waals surface area contributed by atoms with Crippen LogP contribution in [0.5, 0.6) is 0 Å².